The molecule has 0 aliphatic heterocycles. The molecule has 0 saturated heterocycles. The average Bonchev–Trinajstić information content (AvgIpc) is 2.61. The van der Waals surface area contributed by atoms with Crippen LogP contribution in [0, 0.1) is 0 Å². The lowest BCUT2D eigenvalue weighted by molar-refractivity contribution is 0.542. The second-order valence-corrected chi connectivity index (χ2v) is 3.87. The van der Waals surface area contributed by atoms with Crippen LogP contribution in [-0.4, -0.2) is 22.9 Å². The summed E-state index contributed by atoms with van der Waals surface area (Å²) < 4.78 is 2.03. The standard InChI is InChI=1S/C11H21N3/c1-4-12-7-5-8-14-9-6-11(13-14)10(2)3/h6,9-10,12H,4-5,7-8H2,1-3H3. The fourth-order valence-corrected chi connectivity index (χ4v) is 1.35. The van der Waals surface area contributed by atoms with E-state index in [-0.39, 0.29) is 0 Å². The maximum atomic E-state index is 4.50. The van der Waals surface area contributed by atoms with Crippen molar-refractivity contribution < 1.29 is 0 Å². The van der Waals surface area contributed by atoms with Crippen LogP contribution in [0.2, 0.25) is 0 Å². The molecule has 0 spiro atoms. The van der Waals surface area contributed by atoms with E-state index in [0.29, 0.717) is 5.92 Å². The maximum absolute atomic E-state index is 4.50. The molecule has 3 heteroatoms. The van der Waals surface area contributed by atoms with Crippen molar-refractivity contribution in [2.24, 2.45) is 0 Å². The summed E-state index contributed by atoms with van der Waals surface area (Å²) in [7, 11) is 0. The SMILES string of the molecule is CCNCCCn1ccc(C(C)C)n1. The van der Waals surface area contributed by atoms with E-state index in [1.807, 2.05) is 4.68 Å². The molecule has 80 valence electrons. The number of nitrogens with zero attached hydrogens (tertiary/aromatic N) is 2. The molecule has 0 aliphatic rings. The Balaban J connectivity index is 2.29. The number of aromatic nitrogens is 2. The van der Waals surface area contributed by atoms with Gasteiger partial charge in [0.1, 0.15) is 0 Å². The van der Waals surface area contributed by atoms with E-state index >= 15 is 0 Å². The van der Waals surface area contributed by atoms with Gasteiger partial charge < -0.3 is 5.32 Å². The lowest BCUT2D eigenvalue weighted by Gasteiger charge is -2.02. The third kappa shape index (κ3) is 3.50. The smallest absolute Gasteiger partial charge is 0.0649 e. The summed E-state index contributed by atoms with van der Waals surface area (Å²) in [5.74, 6) is 0.532. The van der Waals surface area contributed by atoms with Crippen LogP contribution in [0.3, 0.4) is 0 Å². The summed E-state index contributed by atoms with van der Waals surface area (Å²) in [6, 6.07) is 2.11. The number of hydrogen-bond acceptors (Lipinski definition) is 2. The molecule has 0 aliphatic carbocycles. The Hall–Kier alpha value is -0.830. The molecule has 1 N–H and O–H groups in total. The zero-order valence-corrected chi connectivity index (χ0v) is 9.45. The van der Waals surface area contributed by atoms with Crippen molar-refractivity contribution in [3.8, 4) is 0 Å². The summed E-state index contributed by atoms with van der Waals surface area (Å²) in [6.45, 7) is 9.62. The van der Waals surface area contributed by atoms with E-state index in [1.165, 1.54) is 5.69 Å². The van der Waals surface area contributed by atoms with E-state index in [2.05, 4.69) is 43.4 Å². The second kappa shape index (κ2) is 5.81. The molecule has 0 fully saturated rings. The van der Waals surface area contributed by atoms with Crippen LogP contribution >= 0.6 is 0 Å². The minimum absolute atomic E-state index is 0.532. The van der Waals surface area contributed by atoms with E-state index in [9.17, 15) is 0 Å². The van der Waals surface area contributed by atoms with Crippen LogP contribution in [0.25, 0.3) is 0 Å². The predicted molar refractivity (Wildman–Crippen MR) is 59.5 cm³/mol. The van der Waals surface area contributed by atoms with Crippen molar-refractivity contribution in [3.63, 3.8) is 0 Å². The van der Waals surface area contributed by atoms with E-state index in [4.69, 9.17) is 0 Å². The van der Waals surface area contributed by atoms with Crippen LogP contribution in [0.5, 0.6) is 0 Å². The lowest BCUT2D eigenvalue weighted by atomic mass is 10.1. The van der Waals surface area contributed by atoms with Crippen molar-refractivity contribution >= 4 is 0 Å². The van der Waals surface area contributed by atoms with E-state index < -0.39 is 0 Å². The lowest BCUT2D eigenvalue weighted by Crippen LogP contribution is -2.16. The fraction of sp³-hybridized carbons (Fsp3) is 0.727. The molecule has 0 unspecified atom stereocenters. The summed E-state index contributed by atoms with van der Waals surface area (Å²) in [4.78, 5) is 0. The van der Waals surface area contributed by atoms with Gasteiger partial charge in [0.05, 0.1) is 5.69 Å². The molecule has 1 aromatic rings. The first kappa shape index (κ1) is 11.2. The highest BCUT2D eigenvalue weighted by Gasteiger charge is 2.02. The third-order valence-electron chi connectivity index (χ3n) is 2.24. The van der Waals surface area contributed by atoms with Crippen molar-refractivity contribution in [2.45, 2.75) is 39.7 Å². The zero-order valence-electron chi connectivity index (χ0n) is 9.45. The second-order valence-electron chi connectivity index (χ2n) is 3.87. The van der Waals surface area contributed by atoms with Gasteiger partial charge in [-0.05, 0) is 31.5 Å². The molecule has 0 saturated carbocycles. The Labute approximate surface area is 86.5 Å². The molecule has 3 nitrogen and oxygen atoms in total. The molecular weight excluding hydrogens is 174 g/mol. The minimum Gasteiger partial charge on any atom is -0.317 e. The molecule has 0 amide bonds. The van der Waals surface area contributed by atoms with Crippen LogP contribution < -0.4 is 5.32 Å². The van der Waals surface area contributed by atoms with Gasteiger partial charge in [0, 0.05) is 12.7 Å². The highest BCUT2D eigenvalue weighted by atomic mass is 15.3. The molecular formula is C11H21N3. The van der Waals surface area contributed by atoms with Crippen LogP contribution in [0.1, 0.15) is 38.8 Å². The molecule has 14 heavy (non-hydrogen) atoms. The molecule has 0 aromatic carbocycles. The number of aryl methyl sites for hydroxylation is 1. The molecule has 0 radical (unpaired) electrons. The van der Waals surface area contributed by atoms with Crippen molar-refractivity contribution in [3.05, 3.63) is 18.0 Å². The fourth-order valence-electron chi connectivity index (χ4n) is 1.35. The topological polar surface area (TPSA) is 29.9 Å². The van der Waals surface area contributed by atoms with Gasteiger partial charge in [0.2, 0.25) is 0 Å². The van der Waals surface area contributed by atoms with Gasteiger partial charge in [0.25, 0.3) is 0 Å². The van der Waals surface area contributed by atoms with Gasteiger partial charge in [-0.3, -0.25) is 4.68 Å². The minimum atomic E-state index is 0.532. The number of hydrogen-bond donors (Lipinski definition) is 1. The number of nitrogens with one attached hydrogen (secondary N) is 1. The Morgan fingerprint density at radius 3 is 2.86 bits per heavy atom. The van der Waals surface area contributed by atoms with Crippen molar-refractivity contribution in [1.82, 2.24) is 15.1 Å². The van der Waals surface area contributed by atoms with Gasteiger partial charge in [-0.25, -0.2) is 0 Å². The first-order valence-electron chi connectivity index (χ1n) is 5.48. The highest BCUT2D eigenvalue weighted by molar-refractivity contribution is 5.03. The monoisotopic (exact) mass is 195 g/mol. The molecule has 1 heterocycles. The zero-order chi connectivity index (χ0) is 10.4. The van der Waals surface area contributed by atoms with Crippen molar-refractivity contribution in [1.29, 1.82) is 0 Å². The van der Waals surface area contributed by atoms with Crippen molar-refractivity contribution in [2.75, 3.05) is 13.1 Å². The van der Waals surface area contributed by atoms with Gasteiger partial charge >= 0.3 is 0 Å². The van der Waals surface area contributed by atoms with E-state index in [0.717, 1.165) is 26.1 Å². The summed E-state index contributed by atoms with van der Waals surface area (Å²) in [5, 5.41) is 7.80. The Morgan fingerprint density at radius 2 is 2.29 bits per heavy atom. The van der Waals surface area contributed by atoms with Crippen LogP contribution in [0.15, 0.2) is 12.3 Å². The molecule has 0 atom stereocenters. The van der Waals surface area contributed by atoms with E-state index in [1.54, 1.807) is 0 Å². The average molecular weight is 195 g/mol. The Morgan fingerprint density at radius 1 is 1.50 bits per heavy atom. The first-order chi connectivity index (χ1) is 6.74. The largest absolute Gasteiger partial charge is 0.317 e. The van der Waals surface area contributed by atoms with Gasteiger partial charge in [-0.2, -0.15) is 5.10 Å². The summed E-state index contributed by atoms with van der Waals surface area (Å²) in [6.07, 6.45) is 3.22. The van der Waals surface area contributed by atoms with Crippen LogP contribution in [-0.2, 0) is 6.54 Å². The Bertz CT molecular complexity index is 253. The third-order valence-corrected chi connectivity index (χ3v) is 2.24. The Kier molecular flexibility index (Phi) is 4.66. The van der Waals surface area contributed by atoms with Gasteiger partial charge in [-0.1, -0.05) is 20.8 Å². The highest BCUT2D eigenvalue weighted by Crippen LogP contribution is 2.10. The molecule has 1 aromatic heterocycles. The predicted octanol–water partition coefficient (Wildman–Crippen LogP) is 2.01. The molecule has 0 bridgehead atoms. The normalized spacial score (nSPS) is 11.1. The van der Waals surface area contributed by atoms with Gasteiger partial charge in [0.15, 0.2) is 0 Å². The van der Waals surface area contributed by atoms with Gasteiger partial charge in [-0.15, -0.1) is 0 Å². The maximum Gasteiger partial charge on any atom is 0.0649 e. The summed E-state index contributed by atoms with van der Waals surface area (Å²) in [5.41, 5.74) is 1.19. The summed E-state index contributed by atoms with van der Waals surface area (Å²) >= 11 is 0. The molecule has 1 rings (SSSR count). The van der Waals surface area contributed by atoms with Crippen LogP contribution in [0.4, 0.5) is 0 Å². The quantitative estimate of drug-likeness (QED) is 0.704. The number of rotatable bonds is 6. The first-order valence-corrected chi connectivity index (χ1v) is 5.48.